The van der Waals surface area contributed by atoms with E-state index in [-0.39, 0.29) is 11.9 Å². The summed E-state index contributed by atoms with van der Waals surface area (Å²) in [6.45, 7) is 1.30. The summed E-state index contributed by atoms with van der Waals surface area (Å²) in [5.74, 6) is 0.883. The normalized spacial score (nSPS) is 21.6. The maximum absolute atomic E-state index is 9.36. The Morgan fingerprint density at radius 1 is 1.57 bits per heavy atom. The molecule has 76 valence electrons. The monoisotopic (exact) mass is 214 g/mol. The molecule has 6 heteroatoms. The molecular formula is C8H11ClN4O. The van der Waals surface area contributed by atoms with Gasteiger partial charge in [-0.2, -0.15) is 0 Å². The zero-order chi connectivity index (χ0) is 10.1. The molecule has 0 saturated carbocycles. The summed E-state index contributed by atoms with van der Waals surface area (Å²) < 4.78 is 0. The summed E-state index contributed by atoms with van der Waals surface area (Å²) in [6.07, 6.45) is 1.81. The van der Waals surface area contributed by atoms with Crippen molar-refractivity contribution < 1.29 is 5.11 Å². The SMILES string of the molecule is Nc1ncnc(N2CC[C@H](O)C2)c1Cl. The van der Waals surface area contributed by atoms with E-state index in [4.69, 9.17) is 17.3 Å². The summed E-state index contributed by atoms with van der Waals surface area (Å²) in [5.41, 5.74) is 5.55. The molecule has 3 N–H and O–H groups in total. The minimum Gasteiger partial charge on any atom is -0.391 e. The largest absolute Gasteiger partial charge is 0.391 e. The van der Waals surface area contributed by atoms with Gasteiger partial charge >= 0.3 is 0 Å². The molecule has 1 fully saturated rings. The lowest BCUT2D eigenvalue weighted by Crippen LogP contribution is -2.23. The quantitative estimate of drug-likeness (QED) is 0.703. The first-order valence-electron chi connectivity index (χ1n) is 4.37. The molecule has 0 radical (unpaired) electrons. The molecule has 0 aromatic carbocycles. The van der Waals surface area contributed by atoms with Gasteiger partial charge in [-0.1, -0.05) is 11.6 Å². The first kappa shape index (κ1) is 9.48. The van der Waals surface area contributed by atoms with Crippen molar-refractivity contribution in [2.75, 3.05) is 23.7 Å². The number of nitrogens with two attached hydrogens (primary N) is 1. The van der Waals surface area contributed by atoms with Crippen molar-refractivity contribution in [3.05, 3.63) is 11.3 Å². The smallest absolute Gasteiger partial charge is 0.153 e. The minimum atomic E-state index is -0.303. The van der Waals surface area contributed by atoms with E-state index in [1.54, 1.807) is 0 Å². The van der Waals surface area contributed by atoms with Gasteiger partial charge in [0.1, 0.15) is 17.2 Å². The third kappa shape index (κ3) is 1.60. The number of aliphatic hydroxyl groups excluding tert-OH is 1. The van der Waals surface area contributed by atoms with Gasteiger partial charge in [0.05, 0.1) is 6.10 Å². The average Bonchev–Trinajstić information content (AvgIpc) is 2.57. The summed E-state index contributed by atoms with van der Waals surface area (Å²) in [5, 5.41) is 9.72. The van der Waals surface area contributed by atoms with Crippen LogP contribution in [0.25, 0.3) is 0 Å². The van der Waals surface area contributed by atoms with Crippen LogP contribution in [0, 0.1) is 0 Å². The summed E-state index contributed by atoms with van der Waals surface area (Å²) >= 11 is 5.95. The summed E-state index contributed by atoms with van der Waals surface area (Å²) in [6, 6.07) is 0. The molecule has 1 aliphatic heterocycles. The predicted molar refractivity (Wildman–Crippen MR) is 54.3 cm³/mol. The van der Waals surface area contributed by atoms with Gasteiger partial charge in [-0.25, -0.2) is 9.97 Å². The second-order valence-corrected chi connectivity index (χ2v) is 3.66. The third-order valence-electron chi connectivity index (χ3n) is 2.26. The van der Waals surface area contributed by atoms with Gasteiger partial charge in [0, 0.05) is 13.1 Å². The van der Waals surface area contributed by atoms with Crippen molar-refractivity contribution in [2.24, 2.45) is 0 Å². The number of nitrogens with zero attached hydrogens (tertiary/aromatic N) is 3. The highest BCUT2D eigenvalue weighted by atomic mass is 35.5. The molecule has 0 unspecified atom stereocenters. The van der Waals surface area contributed by atoms with Crippen molar-refractivity contribution in [1.82, 2.24) is 9.97 Å². The van der Waals surface area contributed by atoms with Gasteiger partial charge in [-0.15, -0.1) is 0 Å². The van der Waals surface area contributed by atoms with Crippen molar-refractivity contribution in [3.63, 3.8) is 0 Å². The highest BCUT2D eigenvalue weighted by molar-refractivity contribution is 6.35. The van der Waals surface area contributed by atoms with E-state index in [0.717, 1.165) is 13.0 Å². The Morgan fingerprint density at radius 2 is 2.36 bits per heavy atom. The Labute approximate surface area is 86.5 Å². The van der Waals surface area contributed by atoms with Crippen LogP contribution in [0.5, 0.6) is 0 Å². The van der Waals surface area contributed by atoms with Crippen LogP contribution >= 0.6 is 11.6 Å². The number of halogens is 1. The molecule has 0 bridgehead atoms. The molecule has 1 aromatic rings. The van der Waals surface area contributed by atoms with Gasteiger partial charge in [0.25, 0.3) is 0 Å². The Bertz CT molecular complexity index is 346. The number of β-amino-alcohol motifs (C(OH)–C–C–N with tert-alkyl or cyclic N) is 1. The Balaban J connectivity index is 2.28. The Morgan fingerprint density at radius 3 is 3.00 bits per heavy atom. The van der Waals surface area contributed by atoms with Gasteiger partial charge in [0.2, 0.25) is 0 Å². The van der Waals surface area contributed by atoms with Crippen LogP contribution in [0.4, 0.5) is 11.6 Å². The fourth-order valence-corrected chi connectivity index (χ4v) is 1.75. The molecule has 1 saturated heterocycles. The van der Waals surface area contributed by atoms with Crippen LogP contribution in [-0.4, -0.2) is 34.3 Å². The molecule has 1 atom stereocenters. The van der Waals surface area contributed by atoms with E-state index >= 15 is 0 Å². The molecule has 0 amide bonds. The lowest BCUT2D eigenvalue weighted by Gasteiger charge is -2.17. The minimum absolute atomic E-state index is 0.276. The first-order valence-corrected chi connectivity index (χ1v) is 4.75. The fourth-order valence-electron chi connectivity index (χ4n) is 1.53. The zero-order valence-corrected chi connectivity index (χ0v) is 8.28. The summed E-state index contributed by atoms with van der Waals surface area (Å²) in [4.78, 5) is 9.73. The Hall–Kier alpha value is -1.07. The lowest BCUT2D eigenvalue weighted by molar-refractivity contribution is 0.198. The fraction of sp³-hybridized carbons (Fsp3) is 0.500. The van der Waals surface area contributed by atoms with Crippen molar-refractivity contribution in [1.29, 1.82) is 0 Å². The van der Waals surface area contributed by atoms with Crippen LogP contribution in [0.1, 0.15) is 6.42 Å². The number of aliphatic hydroxyl groups is 1. The third-order valence-corrected chi connectivity index (χ3v) is 2.62. The number of aromatic nitrogens is 2. The zero-order valence-electron chi connectivity index (χ0n) is 7.52. The van der Waals surface area contributed by atoms with Crippen LogP contribution in [0.2, 0.25) is 5.02 Å². The predicted octanol–water partition coefficient (Wildman–Crippen LogP) is 0.283. The van der Waals surface area contributed by atoms with E-state index in [1.807, 2.05) is 4.90 Å². The average molecular weight is 215 g/mol. The molecule has 1 aromatic heterocycles. The number of hydrogen-bond donors (Lipinski definition) is 2. The van der Waals surface area contributed by atoms with Gasteiger partial charge in [-0.05, 0) is 6.42 Å². The number of hydrogen-bond acceptors (Lipinski definition) is 5. The summed E-state index contributed by atoms with van der Waals surface area (Å²) in [7, 11) is 0. The van der Waals surface area contributed by atoms with E-state index in [0.29, 0.717) is 17.4 Å². The van der Waals surface area contributed by atoms with E-state index in [9.17, 15) is 5.11 Å². The van der Waals surface area contributed by atoms with Crippen LogP contribution in [-0.2, 0) is 0 Å². The lowest BCUT2D eigenvalue weighted by atomic mass is 10.3. The molecule has 5 nitrogen and oxygen atoms in total. The van der Waals surface area contributed by atoms with Crippen molar-refractivity contribution in [2.45, 2.75) is 12.5 Å². The molecule has 2 rings (SSSR count). The van der Waals surface area contributed by atoms with E-state index < -0.39 is 0 Å². The van der Waals surface area contributed by atoms with Crippen molar-refractivity contribution >= 4 is 23.2 Å². The molecule has 2 heterocycles. The highest BCUT2D eigenvalue weighted by Crippen LogP contribution is 2.29. The molecule has 14 heavy (non-hydrogen) atoms. The van der Waals surface area contributed by atoms with E-state index in [2.05, 4.69) is 9.97 Å². The topological polar surface area (TPSA) is 75.3 Å². The van der Waals surface area contributed by atoms with Crippen LogP contribution < -0.4 is 10.6 Å². The molecule has 1 aliphatic rings. The highest BCUT2D eigenvalue weighted by Gasteiger charge is 2.23. The molecular weight excluding hydrogens is 204 g/mol. The number of nitrogen functional groups attached to an aromatic ring is 1. The first-order chi connectivity index (χ1) is 6.68. The van der Waals surface area contributed by atoms with Crippen molar-refractivity contribution in [3.8, 4) is 0 Å². The van der Waals surface area contributed by atoms with Crippen LogP contribution in [0.3, 0.4) is 0 Å². The standard InChI is InChI=1S/C8H11ClN4O/c9-6-7(10)11-4-12-8(6)13-2-1-5(14)3-13/h4-5,14H,1-3H2,(H2,10,11,12)/t5-/m0/s1. The number of rotatable bonds is 1. The number of anilines is 2. The van der Waals surface area contributed by atoms with Gasteiger partial charge in [-0.3, -0.25) is 0 Å². The molecule has 0 spiro atoms. The Kier molecular flexibility index (Phi) is 2.43. The van der Waals surface area contributed by atoms with Gasteiger partial charge < -0.3 is 15.7 Å². The maximum atomic E-state index is 9.36. The van der Waals surface area contributed by atoms with E-state index in [1.165, 1.54) is 6.33 Å². The second-order valence-electron chi connectivity index (χ2n) is 3.29. The van der Waals surface area contributed by atoms with Gasteiger partial charge in [0.15, 0.2) is 5.82 Å². The van der Waals surface area contributed by atoms with Crippen LogP contribution in [0.15, 0.2) is 6.33 Å². The second kappa shape index (κ2) is 3.59. The maximum Gasteiger partial charge on any atom is 0.153 e. The molecule has 0 aliphatic carbocycles.